The van der Waals surface area contributed by atoms with Gasteiger partial charge in [-0.15, -0.1) is 0 Å². The van der Waals surface area contributed by atoms with Crippen LogP contribution in [0.3, 0.4) is 0 Å². The van der Waals surface area contributed by atoms with Gasteiger partial charge in [0.1, 0.15) is 0 Å². The minimum absolute atomic E-state index is 0.264. The molecule has 0 amide bonds. The molecule has 0 spiro atoms. The first-order valence-electron chi connectivity index (χ1n) is 3.75. The molecule has 10 heavy (non-hydrogen) atoms. The maximum Gasteiger partial charge on any atom is 0.0926 e. The number of methoxy groups -OCH3 is 1. The zero-order valence-electron chi connectivity index (χ0n) is 6.34. The van der Waals surface area contributed by atoms with Gasteiger partial charge >= 0.3 is 0 Å². The number of hydrogen-bond acceptors (Lipinski definition) is 3. The molecule has 1 unspecified atom stereocenters. The van der Waals surface area contributed by atoms with Crippen LogP contribution >= 0.6 is 0 Å². The van der Waals surface area contributed by atoms with E-state index >= 15 is 0 Å². The van der Waals surface area contributed by atoms with Crippen molar-refractivity contribution >= 4 is 0 Å². The molecule has 60 valence electrons. The van der Waals surface area contributed by atoms with E-state index in [9.17, 15) is 5.11 Å². The van der Waals surface area contributed by atoms with Crippen molar-refractivity contribution in [3.05, 3.63) is 0 Å². The summed E-state index contributed by atoms with van der Waals surface area (Å²) >= 11 is 0. The van der Waals surface area contributed by atoms with Gasteiger partial charge in [-0.2, -0.15) is 0 Å². The number of aliphatic hydroxyl groups is 1. The highest BCUT2D eigenvalue weighted by molar-refractivity contribution is 4.80. The van der Waals surface area contributed by atoms with Crippen molar-refractivity contribution in [1.82, 2.24) is 5.32 Å². The van der Waals surface area contributed by atoms with Crippen LogP contribution in [0, 0.1) is 0 Å². The molecule has 2 atom stereocenters. The van der Waals surface area contributed by atoms with Gasteiger partial charge in [0, 0.05) is 13.2 Å². The van der Waals surface area contributed by atoms with Gasteiger partial charge in [0.15, 0.2) is 0 Å². The van der Waals surface area contributed by atoms with Gasteiger partial charge in [-0.25, -0.2) is 0 Å². The Morgan fingerprint density at radius 1 is 1.80 bits per heavy atom. The highest BCUT2D eigenvalue weighted by atomic mass is 16.5. The van der Waals surface area contributed by atoms with Gasteiger partial charge in [0.05, 0.1) is 12.7 Å². The van der Waals surface area contributed by atoms with Crippen molar-refractivity contribution in [3.63, 3.8) is 0 Å². The Labute approximate surface area is 61.4 Å². The second-order valence-corrected chi connectivity index (χ2v) is 2.73. The van der Waals surface area contributed by atoms with Gasteiger partial charge in [0.2, 0.25) is 0 Å². The van der Waals surface area contributed by atoms with Gasteiger partial charge in [-0.05, 0) is 19.4 Å². The monoisotopic (exact) mass is 145 g/mol. The summed E-state index contributed by atoms with van der Waals surface area (Å²) in [5.41, 5.74) is 0. The number of ether oxygens (including phenoxy) is 1. The molecule has 0 aliphatic carbocycles. The maximum absolute atomic E-state index is 9.36. The maximum atomic E-state index is 9.36. The minimum Gasteiger partial charge on any atom is -0.389 e. The van der Waals surface area contributed by atoms with Crippen LogP contribution in [0.4, 0.5) is 0 Å². The summed E-state index contributed by atoms with van der Waals surface area (Å²) in [7, 11) is 1.61. The first-order chi connectivity index (χ1) is 4.84. The second-order valence-electron chi connectivity index (χ2n) is 2.73. The van der Waals surface area contributed by atoms with E-state index in [0.29, 0.717) is 6.61 Å². The zero-order valence-corrected chi connectivity index (χ0v) is 6.34. The molecular weight excluding hydrogens is 130 g/mol. The summed E-state index contributed by atoms with van der Waals surface area (Å²) in [6.45, 7) is 1.48. The molecule has 0 aromatic heterocycles. The van der Waals surface area contributed by atoms with Crippen LogP contribution in [-0.2, 0) is 4.74 Å². The Bertz CT molecular complexity index is 91.6. The molecule has 0 aromatic carbocycles. The van der Waals surface area contributed by atoms with Crippen molar-refractivity contribution in [3.8, 4) is 0 Å². The van der Waals surface area contributed by atoms with Crippen LogP contribution in [0.2, 0.25) is 0 Å². The minimum atomic E-state index is -0.326. The lowest BCUT2D eigenvalue weighted by Gasteiger charge is -2.16. The number of nitrogens with one attached hydrogen (secondary N) is 1. The first-order valence-corrected chi connectivity index (χ1v) is 3.75. The van der Waals surface area contributed by atoms with Crippen molar-refractivity contribution in [2.75, 3.05) is 20.3 Å². The van der Waals surface area contributed by atoms with E-state index in [0.717, 1.165) is 13.0 Å². The Morgan fingerprint density at radius 2 is 2.60 bits per heavy atom. The molecule has 2 N–H and O–H groups in total. The summed E-state index contributed by atoms with van der Waals surface area (Å²) in [5, 5.41) is 12.6. The Balaban J connectivity index is 2.18. The van der Waals surface area contributed by atoms with Crippen LogP contribution in [0.15, 0.2) is 0 Å². The van der Waals surface area contributed by atoms with Crippen molar-refractivity contribution in [2.24, 2.45) is 0 Å². The highest BCUT2D eigenvalue weighted by Crippen LogP contribution is 2.08. The largest absolute Gasteiger partial charge is 0.389 e. The highest BCUT2D eigenvalue weighted by Gasteiger charge is 2.21. The second kappa shape index (κ2) is 3.91. The summed E-state index contributed by atoms with van der Waals surface area (Å²) in [6, 6.07) is 0.264. The molecule has 1 saturated heterocycles. The van der Waals surface area contributed by atoms with E-state index in [1.54, 1.807) is 7.11 Å². The molecule has 0 radical (unpaired) electrons. The Kier molecular flexibility index (Phi) is 3.12. The quantitative estimate of drug-likeness (QED) is 0.575. The third-order valence-electron chi connectivity index (χ3n) is 1.90. The van der Waals surface area contributed by atoms with E-state index in [1.807, 2.05) is 0 Å². The molecule has 3 nitrogen and oxygen atoms in total. The summed E-state index contributed by atoms with van der Waals surface area (Å²) in [6.07, 6.45) is 1.92. The van der Waals surface area contributed by atoms with E-state index in [1.165, 1.54) is 6.42 Å². The SMILES string of the molecule is COCC(O)[C@H]1CCCN1. The van der Waals surface area contributed by atoms with Crippen LogP contribution < -0.4 is 5.32 Å². The average Bonchev–Trinajstić information content (AvgIpc) is 2.38. The fraction of sp³-hybridized carbons (Fsp3) is 1.00. The normalized spacial score (nSPS) is 28.8. The summed E-state index contributed by atoms with van der Waals surface area (Å²) in [4.78, 5) is 0. The molecule has 1 fully saturated rings. The Hall–Kier alpha value is -0.120. The first kappa shape index (κ1) is 7.98. The number of hydrogen-bond donors (Lipinski definition) is 2. The molecular formula is C7H15NO2. The third kappa shape index (κ3) is 1.94. The molecule has 1 aliphatic rings. The fourth-order valence-corrected chi connectivity index (χ4v) is 1.33. The fourth-order valence-electron chi connectivity index (χ4n) is 1.33. The molecule has 0 saturated carbocycles. The van der Waals surface area contributed by atoms with E-state index in [4.69, 9.17) is 4.74 Å². The molecule has 1 heterocycles. The van der Waals surface area contributed by atoms with E-state index in [-0.39, 0.29) is 12.1 Å². The molecule has 3 heteroatoms. The third-order valence-corrected chi connectivity index (χ3v) is 1.90. The predicted molar refractivity (Wildman–Crippen MR) is 38.9 cm³/mol. The summed E-state index contributed by atoms with van der Waals surface area (Å²) < 4.78 is 4.83. The van der Waals surface area contributed by atoms with Crippen LogP contribution in [0.5, 0.6) is 0 Å². The van der Waals surface area contributed by atoms with Crippen molar-refractivity contribution < 1.29 is 9.84 Å². The average molecular weight is 145 g/mol. The predicted octanol–water partition coefficient (Wildman–Crippen LogP) is -0.254. The van der Waals surface area contributed by atoms with Crippen LogP contribution in [0.1, 0.15) is 12.8 Å². The topological polar surface area (TPSA) is 41.5 Å². The van der Waals surface area contributed by atoms with Gasteiger partial charge < -0.3 is 15.2 Å². The van der Waals surface area contributed by atoms with E-state index in [2.05, 4.69) is 5.32 Å². The van der Waals surface area contributed by atoms with E-state index < -0.39 is 0 Å². The lowest BCUT2D eigenvalue weighted by molar-refractivity contribution is 0.0434. The molecule has 1 rings (SSSR count). The molecule has 1 aliphatic heterocycles. The van der Waals surface area contributed by atoms with Gasteiger partial charge in [-0.1, -0.05) is 0 Å². The van der Waals surface area contributed by atoms with Crippen molar-refractivity contribution in [1.29, 1.82) is 0 Å². The number of rotatable bonds is 3. The Morgan fingerprint density at radius 3 is 3.10 bits per heavy atom. The van der Waals surface area contributed by atoms with Gasteiger partial charge in [0.25, 0.3) is 0 Å². The van der Waals surface area contributed by atoms with Gasteiger partial charge in [-0.3, -0.25) is 0 Å². The molecule has 0 aromatic rings. The lowest BCUT2D eigenvalue weighted by Crippen LogP contribution is -2.37. The zero-order chi connectivity index (χ0) is 7.40. The smallest absolute Gasteiger partial charge is 0.0926 e. The van der Waals surface area contributed by atoms with Crippen LogP contribution in [0.25, 0.3) is 0 Å². The standard InChI is InChI=1S/C7H15NO2/c1-10-5-7(9)6-3-2-4-8-6/h6-9H,2-5H2,1H3/t6-,7?/m1/s1. The number of aliphatic hydroxyl groups excluding tert-OH is 1. The summed E-state index contributed by atoms with van der Waals surface area (Å²) in [5.74, 6) is 0. The lowest BCUT2D eigenvalue weighted by atomic mass is 10.1. The van der Waals surface area contributed by atoms with Crippen LogP contribution in [-0.4, -0.2) is 37.5 Å². The van der Waals surface area contributed by atoms with Crippen molar-refractivity contribution in [2.45, 2.75) is 25.0 Å². The molecule has 0 bridgehead atoms.